The molecule has 0 amide bonds. The van der Waals surface area contributed by atoms with Gasteiger partial charge in [0.1, 0.15) is 88.2 Å². The summed E-state index contributed by atoms with van der Waals surface area (Å²) >= 11 is 15.9. The molecular weight excluding hydrogens is 1230 g/mol. The molecule has 0 radical (unpaired) electrons. The number of halogens is 10. The van der Waals surface area contributed by atoms with E-state index in [0.717, 1.165) is 41.2 Å². The summed E-state index contributed by atoms with van der Waals surface area (Å²) in [4.78, 5) is 23.5. The molecule has 4 aromatic carbocycles. The number of nitrogens with one attached hydrogen (secondary N) is 2. The van der Waals surface area contributed by atoms with Crippen LogP contribution in [0.25, 0.3) is 64.2 Å². The lowest BCUT2D eigenvalue weighted by molar-refractivity contribution is 0.0902. The molecule has 4 N–H and O–H groups in total. The molecular formula is C59H50Cl2F8N12O4S2. The molecule has 1 unspecified atom stereocenters. The fourth-order valence-corrected chi connectivity index (χ4v) is 16.7. The monoisotopic (exact) mass is 1280 g/mol. The van der Waals surface area contributed by atoms with Gasteiger partial charge in [0.2, 0.25) is 0 Å². The van der Waals surface area contributed by atoms with Crippen LogP contribution in [0.4, 0.5) is 56.8 Å². The third-order valence-electron chi connectivity index (χ3n) is 17.8. The minimum atomic E-state index is -2.83. The highest BCUT2D eigenvalue weighted by molar-refractivity contribution is 7.23. The molecule has 452 valence electrons. The molecule has 16 nitrogen and oxygen atoms in total. The van der Waals surface area contributed by atoms with Gasteiger partial charge in [-0.25, -0.2) is 35.1 Å². The molecule has 6 atom stereocenters. The highest BCUT2D eigenvalue weighted by Crippen LogP contribution is 2.54. The van der Waals surface area contributed by atoms with Crippen molar-refractivity contribution in [2.75, 3.05) is 80.4 Å². The molecule has 0 spiro atoms. The summed E-state index contributed by atoms with van der Waals surface area (Å²) in [5.74, 6) is -3.59. The van der Waals surface area contributed by atoms with Gasteiger partial charge in [-0.3, -0.25) is 9.80 Å². The summed E-state index contributed by atoms with van der Waals surface area (Å²) in [7, 11) is 0. The largest absolute Gasteiger partial charge is 0.491 e. The van der Waals surface area contributed by atoms with Gasteiger partial charge in [0, 0.05) is 66.8 Å². The molecule has 4 fully saturated rings. The number of ether oxygens (including phenoxy) is 4. The number of hydrogen-bond acceptors (Lipinski definition) is 18. The van der Waals surface area contributed by atoms with Crippen LogP contribution in [-0.4, -0.2) is 131 Å². The lowest BCUT2D eigenvalue weighted by Crippen LogP contribution is -2.49. The van der Waals surface area contributed by atoms with Crippen LogP contribution < -0.4 is 40.2 Å². The first kappa shape index (κ1) is 57.5. The predicted octanol–water partition coefficient (Wildman–Crippen LogP) is 13.3. The second-order valence-electron chi connectivity index (χ2n) is 23.0. The Morgan fingerprint density at radius 1 is 0.782 bits per heavy atom. The van der Waals surface area contributed by atoms with Gasteiger partial charge in [-0.05, 0) is 68.8 Å². The van der Waals surface area contributed by atoms with E-state index < -0.39 is 71.3 Å². The molecule has 4 aromatic heterocycles. The second kappa shape index (κ2) is 21.8. The van der Waals surface area contributed by atoms with E-state index in [-0.39, 0.29) is 190 Å². The molecule has 8 aromatic rings. The molecule has 87 heavy (non-hydrogen) atoms. The standard InChI is InChI=1S/C59H50Cl2F8N12O4S2/c1-25-9-16-83-47-39-45(43(68)37(41(47)60)27-5-7-31(63)49-35(27)29(19-70)51(72)86-49)74-56(76-52(39)73-25)85-24-59-11-3-14-81(59)53(33(65)18-59)77-55-30(20-71)36-28(6-8-32(64)50(36)87-55)38-42(61)48-40-46(44(38)69)75-57(78-54(40)79(22-34(66)67)12-4-15-82-48)84-23-58-10-2-13-80(58)21-26(62)17-58/h5-8,25-26,33-34,53,77H,2-4,9-18,21-24,72H2,1H3,(H,73,74,76)/t25-,26-,33-,53?,58+,59+/m1/s1. The van der Waals surface area contributed by atoms with Gasteiger partial charge in [0.15, 0.2) is 23.1 Å². The molecule has 10 heterocycles. The summed E-state index contributed by atoms with van der Waals surface area (Å²) in [5.41, 5.74) is 2.99. The predicted molar refractivity (Wildman–Crippen MR) is 316 cm³/mol. The third kappa shape index (κ3) is 9.28. The topological polar surface area (TPSA) is 196 Å². The van der Waals surface area contributed by atoms with E-state index in [1.54, 1.807) is 0 Å². The van der Waals surface area contributed by atoms with Crippen molar-refractivity contribution in [3.63, 3.8) is 0 Å². The Morgan fingerprint density at radius 3 is 2.10 bits per heavy atom. The van der Waals surface area contributed by atoms with Crippen LogP contribution in [0.3, 0.4) is 0 Å². The van der Waals surface area contributed by atoms with Gasteiger partial charge in [-0.1, -0.05) is 35.3 Å². The van der Waals surface area contributed by atoms with Crippen molar-refractivity contribution in [2.24, 2.45) is 0 Å². The number of aromatic nitrogens is 4. The Kier molecular flexibility index (Phi) is 14.4. The van der Waals surface area contributed by atoms with Crippen LogP contribution in [0.2, 0.25) is 10.0 Å². The van der Waals surface area contributed by atoms with Gasteiger partial charge in [0.25, 0.3) is 6.43 Å². The van der Waals surface area contributed by atoms with Crippen molar-refractivity contribution < 1.29 is 54.1 Å². The third-order valence-corrected chi connectivity index (χ3v) is 20.7. The second-order valence-corrected chi connectivity index (χ2v) is 25.8. The Morgan fingerprint density at radius 2 is 1.40 bits per heavy atom. The minimum Gasteiger partial charge on any atom is -0.491 e. The number of alkyl halides is 4. The summed E-state index contributed by atoms with van der Waals surface area (Å²) in [6.07, 6.45) is -3.46. The van der Waals surface area contributed by atoms with Crippen molar-refractivity contribution in [2.45, 2.75) is 100 Å². The van der Waals surface area contributed by atoms with Crippen LogP contribution >= 0.6 is 45.9 Å². The number of nitrogens with zero attached hydrogens (tertiary/aromatic N) is 9. The van der Waals surface area contributed by atoms with Crippen molar-refractivity contribution >= 4 is 109 Å². The summed E-state index contributed by atoms with van der Waals surface area (Å²) < 4.78 is 152. The van der Waals surface area contributed by atoms with Gasteiger partial charge in [-0.2, -0.15) is 30.5 Å². The van der Waals surface area contributed by atoms with Crippen LogP contribution in [-0.2, 0) is 0 Å². The van der Waals surface area contributed by atoms with Crippen LogP contribution in [0.1, 0.15) is 69.4 Å². The maximum atomic E-state index is 18.0. The van der Waals surface area contributed by atoms with E-state index in [1.807, 2.05) is 22.8 Å². The summed E-state index contributed by atoms with van der Waals surface area (Å²) in [5, 5.41) is 27.2. The first-order valence-electron chi connectivity index (χ1n) is 28.3. The van der Waals surface area contributed by atoms with Crippen LogP contribution in [0, 0.1) is 45.9 Å². The van der Waals surface area contributed by atoms with Crippen molar-refractivity contribution in [1.29, 1.82) is 10.5 Å². The number of fused-ring (bicyclic) bond motifs is 4. The Balaban J connectivity index is 0.814. The first-order valence-corrected chi connectivity index (χ1v) is 30.7. The highest BCUT2D eigenvalue weighted by atomic mass is 35.5. The summed E-state index contributed by atoms with van der Waals surface area (Å²) in [6, 6.07) is 8.04. The lowest BCUT2D eigenvalue weighted by atomic mass is 9.95. The van der Waals surface area contributed by atoms with Crippen molar-refractivity contribution in [1.82, 2.24) is 29.7 Å². The molecule has 6 aliphatic heterocycles. The minimum absolute atomic E-state index is 0.0239. The maximum Gasteiger partial charge on any atom is 0.319 e. The number of anilines is 4. The van der Waals surface area contributed by atoms with E-state index in [2.05, 4.69) is 36.6 Å². The van der Waals surface area contributed by atoms with E-state index in [0.29, 0.717) is 38.8 Å². The van der Waals surface area contributed by atoms with E-state index in [4.69, 9.17) is 47.9 Å². The number of nitriles is 2. The molecule has 6 aliphatic rings. The number of benzene rings is 4. The average molecular weight is 1280 g/mol. The average Bonchev–Trinajstić information content (AvgIpc) is 1.28. The number of rotatable bonds is 12. The Bertz CT molecular complexity index is 4290. The first-order chi connectivity index (χ1) is 41.9. The number of nitrogens with two attached hydrogens (primary N) is 1. The molecule has 0 bridgehead atoms. The number of nitrogen functional groups attached to an aromatic ring is 1. The summed E-state index contributed by atoms with van der Waals surface area (Å²) in [6.45, 7) is 2.20. The normalized spacial score (nSPS) is 23.7. The van der Waals surface area contributed by atoms with Crippen LogP contribution in [0.5, 0.6) is 23.5 Å². The highest BCUT2D eigenvalue weighted by Gasteiger charge is 2.56. The quantitative estimate of drug-likeness (QED) is 0.0976. The fraction of sp³-hybridized carbons (Fsp3) is 0.424. The van der Waals surface area contributed by atoms with Crippen molar-refractivity contribution in [3.05, 3.63) is 68.7 Å². The molecule has 28 heteroatoms. The van der Waals surface area contributed by atoms with Gasteiger partial charge >= 0.3 is 12.0 Å². The SMILES string of the molecule is C[C@@H]1CCOc2c(Cl)c(-c3ccc(F)c4sc(N)c(C#N)c34)c(F)c3nc(OC[C@@]45CCCN4C(Nc4sc6c(F)ccc(-c7c(Cl)c8c9c(nc(OC[C@@]%10%11CCCN%10C[C@H](F)C%11)nc9c7F)N(CC(F)F)CCCO8)c6c4C#N)[C@H](F)C5)nc(c23)N1. The molecule has 0 aliphatic carbocycles. The van der Waals surface area contributed by atoms with E-state index >= 15 is 22.0 Å². The molecule has 0 saturated carbocycles. The van der Waals surface area contributed by atoms with Gasteiger partial charge in [-0.15, -0.1) is 22.7 Å². The zero-order valence-electron chi connectivity index (χ0n) is 46.0. The number of hydrogen-bond donors (Lipinski definition) is 3. The Hall–Kier alpha value is -7.20. The van der Waals surface area contributed by atoms with Gasteiger partial charge in [0.05, 0.1) is 72.2 Å². The zero-order chi connectivity index (χ0) is 60.5. The van der Waals surface area contributed by atoms with Crippen LogP contribution in [0.15, 0.2) is 24.3 Å². The maximum absolute atomic E-state index is 18.0. The molecule has 4 saturated heterocycles. The van der Waals surface area contributed by atoms with E-state index in [1.165, 1.54) is 17.0 Å². The molecule has 14 rings (SSSR count). The van der Waals surface area contributed by atoms with Gasteiger partial charge < -0.3 is 40.2 Å². The lowest BCUT2D eigenvalue weighted by Gasteiger charge is -2.34. The number of thiophene rings is 2. The zero-order valence-corrected chi connectivity index (χ0v) is 49.2. The fourth-order valence-electron chi connectivity index (χ4n) is 14.0. The van der Waals surface area contributed by atoms with Crippen molar-refractivity contribution in [3.8, 4) is 57.9 Å². The Labute approximate surface area is 508 Å². The smallest absolute Gasteiger partial charge is 0.319 e. The van der Waals surface area contributed by atoms with E-state index in [9.17, 15) is 23.7 Å².